The summed E-state index contributed by atoms with van der Waals surface area (Å²) in [6, 6.07) is 20.7. The molecule has 0 fully saturated rings. The molecule has 5 aromatic rings. The molecule has 1 amide bonds. The first-order valence-corrected chi connectivity index (χ1v) is 11.5. The Hall–Kier alpha value is -3.83. The van der Waals surface area contributed by atoms with Crippen LogP contribution in [0.15, 0.2) is 75.6 Å². The predicted octanol–water partition coefficient (Wildman–Crippen LogP) is 7.84. The summed E-state index contributed by atoms with van der Waals surface area (Å²) in [6.45, 7) is 6.20. The summed E-state index contributed by atoms with van der Waals surface area (Å²) in [6.07, 6.45) is 0.924. The molecule has 0 aliphatic heterocycles. The van der Waals surface area contributed by atoms with Crippen LogP contribution in [0.1, 0.15) is 34.2 Å². The molecule has 0 atom stereocenters. The second-order valence-corrected chi connectivity index (χ2v) is 8.69. The lowest BCUT2D eigenvalue weighted by Crippen LogP contribution is -2.11. The van der Waals surface area contributed by atoms with E-state index in [2.05, 4.69) is 24.1 Å². The maximum absolute atomic E-state index is 12.9. The molecule has 1 N–H and O–H groups in total. The highest BCUT2D eigenvalue weighted by atomic mass is 35.5. The van der Waals surface area contributed by atoms with Gasteiger partial charge < -0.3 is 14.2 Å². The number of nitrogens with one attached hydrogen (secondary N) is 1. The Morgan fingerprint density at radius 3 is 2.53 bits per heavy atom. The molecule has 3 aromatic carbocycles. The van der Waals surface area contributed by atoms with Gasteiger partial charge in [-0.2, -0.15) is 0 Å². The number of hydrogen-bond acceptors (Lipinski definition) is 4. The van der Waals surface area contributed by atoms with Crippen LogP contribution in [-0.2, 0) is 6.42 Å². The largest absolute Gasteiger partial charge is 0.451 e. The van der Waals surface area contributed by atoms with Crippen molar-refractivity contribution in [3.05, 3.63) is 94.2 Å². The molecule has 170 valence electrons. The Kier molecular flexibility index (Phi) is 5.72. The molecular formula is C28H23ClN2O3. The molecule has 0 bridgehead atoms. The Labute approximate surface area is 202 Å². The standard InChI is InChI=1S/C28H23ClN2O3/c1-4-18-6-10-25-23(14-18)31-28(34-25)20-8-9-21(29)22(15-20)30-27(32)26-12-11-24(33-26)19-7-5-16(2)17(3)13-19/h5-15H,4H2,1-3H3,(H,30,32). The average molecular weight is 471 g/mol. The quantitative estimate of drug-likeness (QED) is 0.284. The highest BCUT2D eigenvalue weighted by Gasteiger charge is 2.16. The zero-order valence-electron chi connectivity index (χ0n) is 19.1. The van der Waals surface area contributed by atoms with Crippen molar-refractivity contribution < 1.29 is 13.6 Å². The maximum Gasteiger partial charge on any atom is 0.291 e. The minimum absolute atomic E-state index is 0.198. The molecule has 34 heavy (non-hydrogen) atoms. The first-order valence-electron chi connectivity index (χ1n) is 11.1. The molecule has 0 aliphatic carbocycles. The zero-order chi connectivity index (χ0) is 23.8. The Morgan fingerprint density at radius 1 is 0.912 bits per heavy atom. The SMILES string of the molecule is CCc1ccc2oc(-c3ccc(Cl)c(NC(=O)c4ccc(-c5ccc(C)c(C)c5)o4)c3)nc2c1. The van der Waals surface area contributed by atoms with Crippen LogP contribution < -0.4 is 5.32 Å². The number of halogens is 1. The molecule has 5 rings (SSSR count). The van der Waals surface area contributed by atoms with E-state index in [1.807, 2.05) is 49.4 Å². The predicted molar refractivity (Wildman–Crippen MR) is 135 cm³/mol. The summed E-state index contributed by atoms with van der Waals surface area (Å²) in [5.41, 5.74) is 7.14. The fourth-order valence-corrected chi connectivity index (χ4v) is 3.93. The number of fused-ring (bicyclic) bond motifs is 1. The Morgan fingerprint density at radius 2 is 1.74 bits per heavy atom. The lowest BCUT2D eigenvalue weighted by Gasteiger charge is -2.07. The van der Waals surface area contributed by atoms with Crippen molar-refractivity contribution in [3.63, 3.8) is 0 Å². The van der Waals surface area contributed by atoms with Gasteiger partial charge in [0, 0.05) is 11.1 Å². The molecule has 2 heterocycles. The molecule has 0 unspecified atom stereocenters. The summed E-state index contributed by atoms with van der Waals surface area (Å²) in [5, 5.41) is 3.24. The van der Waals surface area contributed by atoms with Gasteiger partial charge in [0.1, 0.15) is 11.3 Å². The van der Waals surface area contributed by atoms with Crippen molar-refractivity contribution in [1.82, 2.24) is 4.98 Å². The Bertz CT molecular complexity index is 1530. The number of anilines is 1. The maximum atomic E-state index is 12.9. The van der Waals surface area contributed by atoms with Crippen LogP contribution in [0, 0.1) is 13.8 Å². The van der Waals surface area contributed by atoms with Gasteiger partial charge in [-0.05, 0) is 85.5 Å². The molecule has 6 heteroatoms. The topological polar surface area (TPSA) is 68.3 Å². The smallest absolute Gasteiger partial charge is 0.291 e. The average Bonchev–Trinajstić information content (AvgIpc) is 3.49. The third kappa shape index (κ3) is 4.22. The van der Waals surface area contributed by atoms with Gasteiger partial charge in [-0.3, -0.25) is 4.79 Å². The van der Waals surface area contributed by atoms with E-state index in [0.29, 0.717) is 33.5 Å². The van der Waals surface area contributed by atoms with Crippen molar-refractivity contribution >= 4 is 34.3 Å². The second kappa shape index (κ2) is 8.84. The van der Waals surface area contributed by atoms with E-state index in [1.54, 1.807) is 24.3 Å². The van der Waals surface area contributed by atoms with E-state index in [4.69, 9.17) is 20.4 Å². The van der Waals surface area contributed by atoms with E-state index in [-0.39, 0.29) is 11.7 Å². The lowest BCUT2D eigenvalue weighted by atomic mass is 10.1. The summed E-state index contributed by atoms with van der Waals surface area (Å²) >= 11 is 6.37. The number of aromatic nitrogens is 1. The van der Waals surface area contributed by atoms with Crippen molar-refractivity contribution in [3.8, 4) is 22.8 Å². The highest BCUT2D eigenvalue weighted by molar-refractivity contribution is 6.34. The van der Waals surface area contributed by atoms with E-state index in [1.165, 1.54) is 11.1 Å². The number of oxazole rings is 1. The summed E-state index contributed by atoms with van der Waals surface area (Å²) in [4.78, 5) is 17.5. The number of aryl methyl sites for hydroxylation is 3. The van der Waals surface area contributed by atoms with Crippen LogP contribution >= 0.6 is 11.6 Å². The normalized spacial score (nSPS) is 11.2. The van der Waals surface area contributed by atoms with Crippen LogP contribution in [0.4, 0.5) is 5.69 Å². The Balaban J connectivity index is 1.40. The number of rotatable bonds is 5. The number of amides is 1. The van der Waals surface area contributed by atoms with E-state index >= 15 is 0 Å². The van der Waals surface area contributed by atoms with Gasteiger partial charge >= 0.3 is 0 Å². The van der Waals surface area contributed by atoms with Gasteiger partial charge in [0.2, 0.25) is 5.89 Å². The summed E-state index contributed by atoms with van der Waals surface area (Å²) in [7, 11) is 0. The fraction of sp³-hybridized carbons (Fsp3) is 0.143. The fourth-order valence-electron chi connectivity index (χ4n) is 3.76. The van der Waals surface area contributed by atoms with Crippen molar-refractivity contribution in [2.24, 2.45) is 0 Å². The summed E-state index contributed by atoms with van der Waals surface area (Å²) < 4.78 is 11.8. The van der Waals surface area contributed by atoms with Crippen molar-refractivity contribution in [2.75, 3.05) is 5.32 Å². The second-order valence-electron chi connectivity index (χ2n) is 8.29. The third-order valence-corrected chi connectivity index (χ3v) is 6.27. The lowest BCUT2D eigenvalue weighted by molar-refractivity contribution is 0.0997. The minimum atomic E-state index is -0.390. The van der Waals surface area contributed by atoms with Gasteiger partial charge in [0.15, 0.2) is 11.3 Å². The van der Waals surface area contributed by atoms with Crippen LogP contribution in [-0.4, -0.2) is 10.9 Å². The highest BCUT2D eigenvalue weighted by Crippen LogP contribution is 2.32. The molecule has 2 aromatic heterocycles. The minimum Gasteiger partial charge on any atom is -0.451 e. The van der Waals surface area contributed by atoms with Gasteiger partial charge in [-0.15, -0.1) is 0 Å². The number of nitrogens with zero attached hydrogens (tertiary/aromatic N) is 1. The first-order chi connectivity index (χ1) is 16.4. The molecule has 0 radical (unpaired) electrons. The van der Waals surface area contributed by atoms with Crippen LogP contribution in [0.25, 0.3) is 33.9 Å². The third-order valence-electron chi connectivity index (χ3n) is 5.94. The molecule has 0 aliphatic rings. The zero-order valence-corrected chi connectivity index (χ0v) is 19.9. The molecule has 0 saturated heterocycles. The molecule has 0 saturated carbocycles. The number of benzene rings is 3. The first kappa shape index (κ1) is 22.0. The van der Waals surface area contributed by atoms with Gasteiger partial charge in [0.25, 0.3) is 5.91 Å². The van der Waals surface area contributed by atoms with Gasteiger partial charge in [0.05, 0.1) is 10.7 Å². The van der Waals surface area contributed by atoms with E-state index in [0.717, 1.165) is 23.1 Å². The number of hydrogen-bond donors (Lipinski definition) is 1. The van der Waals surface area contributed by atoms with Crippen LogP contribution in [0.3, 0.4) is 0 Å². The van der Waals surface area contributed by atoms with E-state index in [9.17, 15) is 4.79 Å². The number of carbonyl (C=O) groups is 1. The summed E-state index contributed by atoms with van der Waals surface area (Å²) in [5.74, 6) is 0.902. The van der Waals surface area contributed by atoms with E-state index < -0.39 is 0 Å². The van der Waals surface area contributed by atoms with Crippen molar-refractivity contribution in [1.29, 1.82) is 0 Å². The monoisotopic (exact) mass is 470 g/mol. The van der Waals surface area contributed by atoms with Gasteiger partial charge in [-0.1, -0.05) is 36.7 Å². The van der Waals surface area contributed by atoms with Crippen LogP contribution in [0.5, 0.6) is 0 Å². The molecule has 0 spiro atoms. The van der Waals surface area contributed by atoms with Crippen LogP contribution in [0.2, 0.25) is 5.02 Å². The van der Waals surface area contributed by atoms with Gasteiger partial charge in [-0.25, -0.2) is 4.98 Å². The number of carbonyl (C=O) groups excluding carboxylic acids is 1. The van der Waals surface area contributed by atoms with Crippen molar-refractivity contribution in [2.45, 2.75) is 27.2 Å². The number of furan rings is 1. The molecular weight excluding hydrogens is 448 g/mol. The molecule has 5 nitrogen and oxygen atoms in total.